The van der Waals surface area contributed by atoms with Crippen LogP contribution in [0.3, 0.4) is 0 Å². The van der Waals surface area contributed by atoms with E-state index in [-0.39, 0.29) is 0 Å². The summed E-state index contributed by atoms with van der Waals surface area (Å²) in [5.74, 6) is 0.657. The maximum Gasteiger partial charge on any atom is 0.235 e. The molecule has 50 heavy (non-hydrogen) atoms. The molecular formula is C46H28N4. The third kappa shape index (κ3) is 3.81. The van der Waals surface area contributed by atoms with Gasteiger partial charge in [0.05, 0.1) is 33.3 Å². The van der Waals surface area contributed by atoms with Crippen molar-refractivity contribution in [3.8, 4) is 22.9 Å². The van der Waals surface area contributed by atoms with Gasteiger partial charge in [0.25, 0.3) is 0 Å². The quantitative estimate of drug-likeness (QED) is 0.193. The molecule has 0 spiro atoms. The minimum absolute atomic E-state index is 0.657. The lowest BCUT2D eigenvalue weighted by molar-refractivity contribution is 1.01. The highest BCUT2D eigenvalue weighted by molar-refractivity contribution is 6.24. The summed E-state index contributed by atoms with van der Waals surface area (Å²) < 4.78 is 4.66. The molecule has 0 N–H and O–H groups in total. The number of nitrogens with zero attached hydrogens (tertiary/aromatic N) is 4. The van der Waals surface area contributed by atoms with Crippen LogP contribution >= 0.6 is 0 Å². The molecule has 11 rings (SSSR count). The first kappa shape index (κ1) is 27.2. The lowest BCUT2D eigenvalue weighted by atomic mass is 10.0. The monoisotopic (exact) mass is 636 g/mol. The van der Waals surface area contributed by atoms with Crippen LogP contribution in [0.2, 0.25) is 0 Å². The molecule has 0 amide bonds. The fraction of sp³-hybridized carbons (Fsp3) is 0. The summed E-state index contributed by atoms with van der Waals surface area (Å²) in [5.41, 5.74) is 8.48. The molecule has 11 aromatic rings. The molecule has 4 nitrogen and oxygen atoms in total. The van der Waals surface area contributed by atoms with Crippen LogP contribution < -0.4 is 0 Å². The van der Waals surface area contributed by atoms with Crippen molar-refractivity contribution >= 4 is 76.1 Å². The molecule has 3 aromatic heterocycles. The van der Waals surface area contributed by atoms with Gasteiger partial charge >= 0.3 is 0 Å². The number of para-hydroxylation sites is 4. The van der Waals surface area contributed by atoms with Crippen LogP contribution in [0.15, 0.2) is 170 Å². The molecule has 4 heteroatoms. The van der Waals surface area contributed by atoms with Gasteiger partial charge in [-0.05, 0) is 64.0 Å². The highest BCUT2D eigenvalue weighted by Gasteiger charge is 2.22. The standard InChI is InChI=1S/C46H28N4/c1-2-16-32(17-3-1)49-41-26-25-29-13-6-7-18-33(29)43(41)36-21-12-22-37(45(36)49)44-35-20-8-10-23-39(35)47-46(48-44)50-40-24-11-9-19-34(40)38-27-30-14-4-5-15-31(30)28-42(38)50/h1-28H. The molecule has 0 bridgehead atoms. The van der Waals surface area contributed by atoms with E-state index in [4.69, 9.17) is 9.97 Å². The average molecular weight is 637 g/mol. The van der Waals surface area contributed by atoms with Crippen molar-refractivity contribution in [3.63, 3.8) is 0 Å². The van der Waals surface area contributed by atoms with Gasteiger partial charge in [0.1, 0.15) is 0 Å². The Morgan fingerprint density at radius 2 is 1.06 bits per heavy atom. The summed E-state index contributed by atoms with van der Waals surface area (Å²) in [6, 6.07) is 60.7. The van der Waals surface area contributed by atoms with Crippen molar-refractivity contribution in [1.82, 2.24) is 19.1 Å². The van der Waals surface area contributed by atoms with Crippen LogP contribution in [0.1, 0.15) is 0 Å². The van der Waals surface area contributed by atoms with Gasteiger partial charge in [0.15, 0.2) is 0 Å². The van der Waals surface area contributed by atoms with E-state index in [9.17, 15) is 0 Å². The Labute approximate surface area is 287 Å². The van der Waals surface area contributed by atoms with E-state index in [2.05, 4.69) is 179 Å². The second kappa shape index (κ2) is 10.4. The van der Waals surface area contributed by atoms with Gasteiger partial charge in [-0.1, -0.05) is 127 Å². The summed E-state index contributed by atoms with van der Waals surface area (Å²) in [6.45, 7) is 0. The Hall–Kier alpha value is -6.78. The zero-order valence-corrected chi connectivity index (χ0v) is 27.0. The second-order valence-electron chi connectivity index (χ2n) is 13.0. The van der Waals surface area contributed by atoms with Crippen molar-refractivity contribution in [2.75, 3.05) is 0 Å². The Bertz CT molecular complexity index is 3150. The number of aromatic nitrogens is 4. The highest BCUT2D eigenvalue weighted by atomic mass is 15.2. The minimum Gasteiger partial charge on any atom is -0.309 e. The molecule has 232 valence electrons. The third-order valence-corrected chi connectivity index (χ3v) is 10.3. The van der Waals surface area contributed by atoms with Crippen molar-refractivity contribution in [1.29, 1.82) is 0 Å². The molecule has 0 saturated heterocycles. The number of hydrogen-bond acceptors (Lipinski definition) is 2. The van der Waals surface area contributed by atoms with E-state index >= 15 is 0 Å². The Morgan fingerprint density at radius 1 is 0.380 bits per heavy atom. The summed E-state index contributed by atoms with van der Waals surface area (Å²) in [6.07, 6.45) is 0. The predicted octanol–water partition coefficient (Wildman–Crippen LogP) is 11.8. The summed E-state index contributed by atoms with van der Waals surface area (Å²) >= 11 is 0. The van der Waals surface area contributed by atoms with Crippen molar-refractivity contribution in [2.24, 2.45) is 0 Å². The average Bonchev–Trinajstić information content (AvgIpc) is 3.70. The van der Waals surface area contributed by atoms with Crippen LogP contribution in [0, 0.1) is 0 Å². The molecule has 0 aliphatic rings. The topological polar surface area (TPSA) is 35.6 Å². The maximum atomic E-state index is 5.55. The number of hydrogen-bond donors (Lipinski definition) is 0. The van der Waals surface area contributed by atoms with Gasteiger partial charge in [-0.3, -0.25) is 4.57 Å². The normalized spacial score (nSPS) is 12.0. The molecule has 3 heterocycles. The predicted molar refractivity (Wildman–Crippen MR) is 209 cm³/mol. The first-order valence-electron chi connectivity index (χ1n) is 17.0. The van der Waals surface area contributed by atoms with Crippen molar-refractivity contribution in [3.05, 3.63) is 170 Å². The van der Waals surface area contributed by atoms with Crippen molar-refractivity contribution in [2.45, 2.75) is 0 Å². The Morgan fingerprint density at radius 3 is 1.92 bits per heavy atom. The van der Waals surface area contributed by atoms with Gasteiger partial charge < -0.3 is 4.57 Å². The van der Waals surface area contributed by atoms with E-state index in [1.54, 1.807) is 0 Å². The molecule has 0 fully saturated rings. The van der Waals surface area contributed by atoms with Crippen LogP contribution in [0.5, 0.6) is 0 Å². The second-order valence-corrected chi connectivity index (χ2v) is 13.0. The van der Waals surface area contributed by atoms with E-state index in [0.29, 0.717) is 5.95 Å². The van der Waals surface area contributed by atoms with Gasteiger partial charge in [-0.2, -0.15) is 0 Å². The van der Waals surface area contributed by atoms with E-state index in [1.807, 2.05) is 0 Å². The summed E-state index contributed by atoms with van der Waals surface area (Å²) in [7, 11) is 0. The minimum atomic E-state index is 0.657. The van der Waals surface area contributed by atoms with Crippen LogP contribution in [0.25, 0.3) is 99.0 Å². The zero-order valence-electron chi connectivity index (χ0n) is 27.0. The largest absolute Gasteiger partial charge is 0.309 e. The molecule has 0 unspecified atom stereocenters. The van der Waals surface area contributed by atoms with E-state index in [1.165, 1.54) is 48.6 Å². The van der Waals surface area contributed by atoms with Crippen LogP contribution in [0.4, 0.5) is 0 Å². The molecular weight excluding hydrogens is 609 g/mol. The SMILES string of the molecule is c1ccc(-n2c3ccc4ccccc4c3c3cccc(-c4nc(-n5c6ccccc6c6cc7ccccc7cc65)nc5ccccc45)c32)cc1. The number of fused-ring (bicyclic) bond motifs is 10. The fourth-order valence-corrected chi connectivity index (χ4v) is 8.11. The number of benzene rings is 8. The zero-order chi connectivity index (χ0) is 32.8. The lowest BCUT2D eigenvalue weighted by Crippen LogP contribution is -2.04. The smallest absolute Gasteiger partial charge is 0.235 e. The van der Waals surface area contributed by atoms with Gasteiger partial charge in [-0.25, -0.2) is 9.97 Å². The maximum absolute atomic E-state index is 5.55. The first-order chi connectivity index (χ1) is 24.8. The molecule has 0 atom stereocenters. The first-order valence-corrected chi connectivity index (χ1v) is 17.0. The Balaban J connectivity index is 1.29. The fourth-order valence-electron chi connectivity index (χ4n) is 8.11. The number of rotatable bonds is 3. The van der Waals surface area contributed by atoms with E-state index < -0.39 is 0 Å². The molecule has 0 saturated carbocycles. The summed E-state index contributed by atoms with van der Waals surface area (Å²) in [5, 5.41) is 10.7. The van der Waals surface area contributed by atoms with Gasteiger partial charge in [-0.15, -0.1) is 0 Å². The summed E-state index contributed by atoms with van der Waals surface area (Å²) in [4.78, 5) is 10.8. The Kier molecular flexibility index (Phi) is 5.63. The molecule has 8 aromatic carbocycles. The molecule has 0 aliphatic carbocycles. The van der Waals surface area contributed by atoms with Crippen molar-refractivity contribution < 1.29 is 0 Å². The van der Waals surface area contributed by atoms with Gasteiger partial charge in [0, 0.05) is 38.2 Å². The molecule has 0 radical (unpaired) electrons. The van der Waals surface area contributed by atoms with Crippen LogP contribution in [-0.4, -0.2) is 19.1 Å². The highest BCUT2D eigenvalue weighted by Crippen LogP contribution is 2.42. The lowest BCUT2D eigenvalue weighted by Gasteiger charge is -2.14. The van der Waals surface area contributed by atoms with Gasteiger partial charge in [0.2, 0.25) is 5.95 Å². The third-order valence-electron chi connectivity index (χ3n) is 10.3. The van der Waals surface area contributed by atoms with E-state index in [0.717, 1.165) is 44.4 Å². The molecule has 0 aliphatic heterocycles. The van der Waals surface area contributed by atoms with Crippen LogP contribution in [-0.2, 0) is 0 Å².